The van der Waals surface area contributed by atoms with E-state index < -0.39 is 15.9 Å². The summed E-state index contributed by atoms with van der Waals surface area (Å²) in [5.74, 6) is 0.854. The molecule has 0 unspecified atom stereocenters. The van der Waals surface area contributed by atoms with Crippen molar-refractivity contribution in [2.24, 2.45) is 0 Å². The molecule has 8 nitrogen and oxygen atoms in total. The third-order valence-electron chi connectivity index (χ3n) is 4.89. The van der Waals surface area contributed by atoms with Gasteiger partial charge in [0.1, 0.15) is 17.2 Å². The van der Waals surface area contributed by atoms with E-state index in [1.807, 2.05) is 25.1 Å². The number of carbonyl (C=O) groups is 1. The van der Waals surface area contributed by atoms with E-state index in [-0.39, 0.29) is 10.6 Å². The lowest BCUT2D eigenvalue weighted by Crippen LogP contribution is -2.15. The number of amides is 1. The Morgan fingerprint density at radius 2 is 1.47 bits per heavy atom. The number of rotatable bonds is 9. The highest BCUT2D eigenvalue weighted by Crippen LogP contribution is 2.31. The van der Waals surface area contributed by atoms with E-state index in [1.54, 1.807) is 37.5 Å². The van der Waals surface area contributed by atoms with Crippen molar-refractivity contribution in [2.45, 2.75) is 11.8 Å². The second-order valence-corrected chi connectivity index (χ2v) is 8.92. The van der Waals surface area contributed by atoms with Crippen LogP contribution < -0.4 is 24.2 Å². The molecule has 0 saturated carbocycles. The number of ether oxygens (including phenoxy) is 3. The van der Waals surface area contributed by atoms with Crippen molar-refractivity contribution in [3.05, 3.63) is 77.9 Å². The lowest BCUT2D eigenvalue weighted by atomic mass is 10.1. The maximum atomic E-state index is 13.0. The molecule has 3 rings (SSSR count). The zero-order valence-electron chi connectivity index (χ0n) is 19.3. The minimum absolute atomic E-state index is 0.0566. The average molecular weight is 483 g/mol. The van der Waals surface area contributed by atoms with E-state index in [4.69, 9.17) is 14.2 Å². The summed E-state index contributed by atoms with van der Waals surface area (Å²) >= 11 is 0. The molecule has 0 fully saturated rings. The number of methoxy groups -OCH3 is 3. The molecule has 178 valence electrons. The molecule has 3 aromatic carbocycles. The molecule has 0 spiro atoms. The van der Waals surface area contributed by atoms with Crippen LogP contribution >= 0.6 is 0 Å². The van der Waals surface area contributed by atoms with Crippen LogP contribution in [0.15, 0.2) is 71.6 Å². The summed E-state index contributed by atoms with van der Waals surface area (Å²) in [7, 11) is 0.467. The molecule has 0 aliphatic carbocycles. The predicted octanol–water partition coefficient (Wildman–Crippen LogP) is 4.47. The Morgan fingerprint density at radius 3 is 2.18 bits per heavy atom. The van der Waals surface area contributed by atoms with Gasteiger partial charge >= 0.3 is 0 Å². The van der Waals surface area contributed by atoms with Crippen LogP contribution in [0, 0.1) is 6.92 Å². The number of benzene rings is 3. The van der Waals surface area contributed by atoms with E-state index >= 15 is 0 Å². The number of anilines is 2. The molecule has 0 atom stereocenters. The largest absolute Gasteiger partial charge is 0.496 e. The third-order valence-corrected chi connectivity index (χ3v) is 6.25. The first kappa shape index (κ1) is 24.7. The lowest BCUT2D eigenvalue weighted by molar-refractivity contribution is -0.111. The summed E-state index contributed by atoms with van der Waals surface area (Å²) in [6.45, 7) is 1.94. The van der Waals surface area contributed by atoms with Crippen molar-refractivity contribution >= 4 is 33.4 Å². The van der Waals surface area contributed by atoms with Crippen molar-refractivity contribution in [2.75, 3.05) is 31.4 Å². The highest BCUT2D eigenvalue weighted by atomic mass is 32.2. The molecule has 34 heavy (non-hydrogen) atoms. The number of hydrogen-bond acceptors (Lipinski definition) is 6. The van der Waals surface area contributed by atoms with Gasteiger partial charge < -0.3 is 19.5 Å². The molecule has 0 heterocycles. The summed E-state index contributed by atoms with van der Waals surface area (Å²) in [4.78, 5) is 12.5. The Labute approximate surface area is 199 Å². The highest BCUT2D eigenvalue weighted by Gasteiger charge is 2.19. The first-order valence-corrected chi connectivity index (χ1v) is 11.7. The molecule has 9 heteroatoms. The zero-order chi connectivity index (χ0) is 24.7. The number of aryl methyl sites for hydroxylation is 1. The number of nitrogens with one attached hydrogen (secondary N) is 2. The monoisotopic (exact) mass is 482 g/mol. The van der Waals surface area contributed by atoms with E-state index in [0.717, 1.165) is 11.1 Å². The summed E-state index contributed by atoms with van der Waals surface area (Å²) in [5.41, 5.74) is 2.25. The van der Waals surface area contributed by atoms with Crippen LogP contribution in [-0.2, 0) is 14.8 Å². The molecule has 0 radical (unpaired) electrons. The van der Waals surface area contributed by atoms with Crippen LogP contribution in [0.1, 0.15) is 11.1 Å². The van der Waals surface area contributed by atoms with Gasteiger partial charge in [-0.3, -0.25) is 9.52 Å². The topological polar surface area (TPSA) is 103 Å². The second-order valence-electron chi connectivity index (χ2n) is 7.24. The fourth-order valence-corrected chi connectivity index (χ4v) is 4.30. The van der Waals surface area contributed by atoms with Crippen LogP contribution in [0.3, 0.4) is 0 Å². The number of carbonyl (C=O) groups excluding carboxylic acids is 1. The fraction of sp³-hybridized carbons (Fsp3) is 0.160. The van der Waals surface area contributed by atoms with Crippen LogP contribution in [0.25, 0.3) is 6.08 Å². The predicted molar refractivity (Wildman–Crippen MR) is 132 cm³/mol. The Kier molecular flexibility index (Phi) is 7.80. The van der Waals surface area contributed by atoms with E-state index in [2.05, 4.69) is 10.0 Å². The Morgan fingerprint density at radius 1 is 0.824 bits per heavy atom. The molecular formula is C25H26N2O6S. The van der Waals surface area contributed by atoms with Crippen molar-refractivity contribution in [3.8, 4) is 17.2 Å². The summed E-state index contributed by atoms with van der Waals surface area (Å²) in [6, 6.07) is 16.5. The van der Waals surface area contributed by atoms with Gasteiger partial charge in [0.2, 0.25) is 5.91 Å². The van der Waals surface area contributed by atoms with Gasteiger partial charge in [-0.2, -0.15) is 0 Å². The zero-order valence-corrected chi connectivity index (χ0v) is 20.1. The minimum atomic E-state index is -3.97. The van der Waals surface area contributed by atoms with Gasteiger partial charge in [0, 0.05) is 11.6 Å². The van der Waals surface area contributed by atoms with Crippen molar-refractivity contribution in [3.63, 3.8) is 0 Å². The van der Waals surface area contributed by atoms with Gasteiger partial charge in [0.25, 0.3) is 10.0 Å². The third kappa shape index (κ3) is 5.87. The van der Waals surface area contributed by atoms with Gasteiger partial charge in [0.05, 0.1) is 37.6 Å². The fourth-order valence-electron chi connectivity index (χ4n) is 3.21. The summed E-state index contributed by atoms with van der Waals surface area (Å²) in [5, 5.41) is 2.67. The molecule has 0 aliphatic rings. The van der Waals surface area contributed by atoms with E-state index in [0.29, 0.717) is 22.9 Å². The highest BCUT2D eigenvalue weighted by molar-refractivity contribution is 7.92. The SMILES string of the molecule is COc1ccc(C)cc1/C=C/C(=O)Nc1cc(S(=O)(=O)Nc2ccccc2OC)ccc1OC. The molecular weight excluding hydrogens is 456 g/mol. The van der Waals surface area contributed by atoms with Crippen LogP contribution in [0.5, 0.6) is 17.2 Å². The minimum Gasteiger partial charge on any atom is -0.496 e. The van der Waals surface area contributed by atoms with Crippen LogP contribution in [0.2, 0.25) is 0 Å². The quantitative estimate of drug-likeness (QED) is 0.436. The Balaban J connectivity index is 1.85. The van der Waals surface area contributed by atoms with E-state index in [9.17, 15) is 13.2 Å². The number of para-hydroxylation sites is 2. The molecule has 0 saturated heterocycles. The van der Waals surface area contributed by atoms with Gasteiger partial charge in [-0.25, -0.2) is 8.42 Å². The Bertz CT molecular complexity index is 1320. The molecule has 1 amide bonds. The first-order chi connectivity index (χ1) is 16.3. The average Bonchev–Trinajstić information content (AvgIpc) is 2.83. The van der Waals surface area contributed by atoms with Crippen molar-refractivity contribution in [1.29, 1.82) is 0 Å². The van der Waals surface area contributed by atoms with Crippen molar-refractivity contribution < 1.29 is 27.4 Å². The number of sulfonamides is 1. The van der Waals surface area contributed by atoms with Crippen LogP contribution in [0.4, 0.5) is 11.4 Å². The second kappa shape index (κ2) is 10.8. The van der Waals surface area contributed by atoms with Crippen molar-refractivity contribution in [1.82, 2.24) is 0 Å². The maximum Gasteiger partial charge on any atom is 0.262 e. The number of hydrogen-bond donors (Lipinski definition) is 2. The molecule has 0 aliphatic heterocycles. The standard InChI is InChI=1S/C25H26N2O6S/c1-17-9-12-22(31-2)18(15-17)10-14-25(28)26-21-16-19(11-13-24(21)33-4)34(29,30)27-20-7-5-6-8-23(20)32-3/h5-16,27H,1-4H3,(H,26,28)/b14-10+. The molecule has 3 aromatic rings. The molecule has 0 aromatic heterocycles. The summed E-state index contributed by atoms with van der Waals surface area (Å²) in [6.07, 6.45) is 2.96. The first-order valence-electron chi connectivity index (χ1n) is 10.2. The smallest absolute Gasteiger partial charge is 0.262 e. The van der Waals surface area contributed by atoms with Gasteiger partial charge in [0.15, 0.2) is 0 Å². The van der Waals surface area contributed by atoms with E-state index in [1.165, 1.54) is 38.5 Å². The summed E-state index contributed by atoms with van der Waals surface area (Å²) < 4.78 is 44.3. The lowest BCUT2D eigenvalue weighted by Gasteiger charge is -2.14. The van der Waals surface area contributed by atoms with Gasteiger partial charge in [-0.1, -0.05) is 23.8 Å². The van der Waals surface area contributed by atoms with Crippen LogP contribution in [-0.4, -0.2) is 35.7 Å². The molecule has 2 N–H and O–H groups in total. The Hall–Kier alpha value is -3.98. The normalized spacial score (nSPS) is 11.2. The molecule has 0 bridgehead atoms. The van der Waals surface area contributed by atoms with Gasteiger partial charge in [-0.05, 0) is 55.5 Å². The van der Waals surface area contributed by atoms with Gasteiger partial charge in [-0.15, -0.1) is 0 Å². The maximum absolute atomic E-state index is 13.0.